The summed E-state index contributed by atoms with van der Waals surface area (Å²) in [6.07, 6.45) is -4.52. The van der Waals surface area contributed by atoms with Crippen LogP contribution in [0.2, 0.25) is 0 Å². The van der Waals surface area contributed by atoms with Gasteiger partial charge in [0.15, 0.2) is 0 Å². The summed E-state index contributed by atoms with van der Waals surface area (Å²) in [6, 6.07) is 0. The van der Waals surface area contributed by atoms with Crippen molar-refractivity contribution in [2.75, 3.05) is 13.1 Å². The molecule has 1 aliphatic heterocycles. The molecule has 0 aliphatic carbocycles. The highest BCUT2D eigenvalue weighted by Gasteiger charge is 2.40. The first-order chi connectivity index (χ1) is 9.11. The van der Waals surface area contributed by atoms with Crippen molar-refractivity contribution in [3.8, 4) is 0 Å². The first-order valence-electron chi connectivity index (χ1n) is 6.06. The van der Waals surface area contributed by atoms with E-state index in [4.69, 9.17) is 5.11 Å². The number of carboxylic acid groups (broad SMARTS) is 1. The van der Waals surface area contributed by atoms with Crippen molar-refractivity contribution in [2.45, 2.75) is 33.1 Å². The van der Waals surface area contributed by atoms with E-state index in [0.29, 0.717) is 6.54 Å². The molecule has 0 amide bonds. The summed E-state index contributed by atoms with van der Waals surface area (Å²) in [7, 11) is 0. The van der Waals surface area contributed by atoms with Crippen LogP contribution in [0.1, 0.15) is 25.5 Å². The van der Waals surface area contributed by atoms with Gasteiger partial charge in [0.2, 0.25) is 5.82 Å². The van der Waals surface area contributed by atoms with Crippen LogP contribution < -0.4 is 0 Å². The lowest BCUT2D eigenvalue weighted by Crippen LogP contribution is -2.43. The molecule has 0 aromatic carbocycles. The molecule has 0 radical (unpaired) electrons. The number of nitrogens with zero attached hydrogens (tertiary/aromatic N) is 4. The molecule has 9 heteroatoms. The van der Waals surface area contributed by atoms with Crippen LogP contribution in [-0.2, 0) is 24.1 Å². The number of carbonyl (C=O) groups is 1. The largest absolute Gasteiger partial charge is 0.481 e. The molecule has 2 heterocycles. The Morgan fingerprint density at radius 3 is 2.50 bits per heavy atom. The van der Waals surface area contributed by atoms with Crippen LogP contribution >= 0.6 is 0 Å². The molecular formula is C11H15F3N4O2. The van der Waals surface area contributed by atoms with Gasteiger partial charge < -0.3 is 9.67 Å². The predicted molar refractivity (Wildman–Crippen MR) is 61.7 cm³/mol. The van der Waals surface area contributed by atoms with E-state index in [9.17, 15) is 18.0 Å². The minimum atomic E-state index is -4.52. The molecule has 2 rings (SSSR count). The molecule has 0 fully saturated rings. The second kappa shape index (κ2) is 4.72. The lowest BCUT2D eigenvalue weighted by atomic mass is 9.93. The van der Waals surface area contributed by atoms with Crippen molar-refractivity contribution < 1.29 is 23.1 Å². The standard InChI is InChI=1S/C11H15F3N4O2/c1-10(2,9(19)20)6-17-3-4-18-7(5-17)15-16-8(18)11(12,13)14/h3-6H2,1-2H3,(H,19,20). The summed E-state index contributed by atoms with van der Waals surface area (Å²) < 4.78 is 39.1. The maximum atomic E-state index is 12.7. The first kappa shape index (κ1) is 14.8. The van der Waals surface area contributed by atoms with E-state index in [0.717, 1.165) is 4.57 Å². The number of hydrogen-bond acceptors (Lipinski definition) is 4. The SMILES string of the molecule is CC(C)(CN1CCn2c(nnc2C(F)(F)F)C1)C(=O)O. The van der Waals surface area contributed by atoms with E-state index in [2.05, 4.69) is 10.2 Å². The molecule has 6 nitrogen and oxygen atoms in total. The zero-order valence-electron chi connectivity index (χ0n) is 11.1. The number of aromatic nitrogens is 3. The zero-order chi connectivity index (χ0) is 15.1. The summed E-state index contributed by atoms with van der Waals surface area (Å²) in [5.41, 5.74) is -0.963. The van der Waals surface area contributed by atoms with Gasteiger partial charge in [-0.15, -0.1) is 10.2 Å². The van der Waals surface area contributed by atoms with Gasteiger partial charge in [0.05, 0.1) is 12.0 Å². The Labute approximate surface area is 113 Å². The number of alkyl halides is 3. The van der Waals surface area contributed by atoms with Gasteiger partial charge in [-0.05, 0) is 13.8 Å². The molecule has 0 unspecified atom stereocenters. The molecule has 0 saturated heterocycles. The second-order valence-electron chi connectivity index (χ2n) is 5.49. The average Bonchev–Trinajstić information content (AvgIpc) is 2.70. The van der Waals surface area contributed by atoms with Crippen LogP contribution in [-0.4, -0.2) is 43.8 Å². The fraction of sp³-hybridized carbons (Fsp3) is 0.727. The van der Waals surface area contributed by atoms with E-state index in [1.165, 1.54) is 0 Å². The monoisotopic (exact) mass is 292 g/mol. The maximum absolute atomic E-state index is 12.7. The van der Waals surface area contributed by atoms with E-state index in [1.807, 2.05) is 0 Å². The highest BCUT2D eigenvalue weighted by Crippen LogP contribution is 2.30. The molecule has 112 valence electrons. The van der Waals surface area contributed by atoms with Crippen molar-refractivity contribution in [3.05, 3.63) is 11.6 Å². The molecule has 0 bridgehead atoms. The van der Waals surface area contributed by atoms with Crippen LogP contribution in [0.25, 0.3) is 0 Å². The van der Waals surface area contributed by atoms with Crippen LogP contribution in [0.5, 0.6) is 0 Å². The van der Waals surface area contributed by atoms with Crippen LogP contribution in [0, 0.1) is 5.41 Å². The number of rotatable bonds is 3. The van der Waals surface area contributed by atoms with Crippen molar-refractivity contribution in [3.63, 3.8) is 0 Å². The molecule has 1 aromatic heterocycles. The van der Waals surface area contributed by atoms with Gasteiger partial charge in [0.1, 0.15) is 5.82 Å². The van der Waals surface area contributed by atoms with Gasteiger partial charge in [-0.2, -0.15) is 13.2 Å². The second-order valence-corrected chi connectivity index (χ2v) is 5.49. The van der Waals surface area contributed by atoms with Gasteiger partial charge in [-0.1, -0.05) is 0 Å². The lowest BCUT2D eigenvalue weighted by molar-refractivity contribution is -0.148. The summed E-state index contributed by atoms with van der Waals surface area (Å²) in [5.74, 6) is -1.73. The quantitative estimate of drug-likeness (QED) is 0.907. The Balaban J connectivity index is 2.13. The normalized spacial score (nSPS) is 17.1. The van der Waals surface area contributed by atoms with Crippen molar-refractivity contribution in [1.82, 2.24) is 19.7 Å². The molecule has 1 aromatic rings. The van der Waals surface area contributed by atoms with Crippen molar-refractivity contribution in [2.24, 2.45) is 5.41 Å². The number of aliphatic carboxylic acids is 1. The first-order valence-corrected chi connectivity index (χ1v) is 6.06. The summed E-state index contributed by atoms with van der Waals surface area (Å²) >= 11 is 0. The van der Waals surface area contributed by atoms with Crippen molar-refractivity contribution in [1.29, 1.82) is 0 Å². The zero-order valence-corrected chi connectivity index (χ0v) is 11.1. The smallest absolute Gasteiger partial charge is 0.451 e. The highest BCUT2D eigenvalue weighted by molar-refractivity contribution is 5.73. The van der Waals surface area contributed by atoms with Crippen molar-refractivity contribution >= 4 is 5.97 Å². The highest BCUT2D eigenvalue weighted by atomic mass is 19.4. The molecule has 0 spiro atoms. The Bertz CT molecular complexity index is 524. The van der Waals surface area contributed by atoms with Gasteiger partial charge in [0, 0.05) is 19.6 Å². The Morgan fingerprint density at radius 2 is 1.95 bits per heavy atom. The molecule has 0 saturated carbocycles. The maximum Gasteiger partial charge on any atom is 0.451 e. The molecule has 1 N–H and O–H groups in total. The number of fused-ring (bicyclic) bond motifs is 1. The van der Waals surface area contributed by atoms with E-state index in [-0.39, 0.29) is 25.5 Å². The molecule has 1 aliphatic rings. The lowest BCUT2D eigenvalue weighted by Gasteiger charge is -2.32. The van der Waals surface area contributed by atoms with E-state index in [1.54, 1.807) is 18.7 Å². The van der Waals surface area contributed by atoms with Gasteiger partial charge in [-0.3, -0.25) is 9.69 Å². The summed E-state index contributed by atoms with van der Waals surface area (Å²) in [5, 5.41) is 15.8. The fourth-order valence-electron chi connectivity index (χ4n) is 2.18. The van der Waals surface area contributed by atoms with Gasteiger partial charge in [-0.25, -0.2) is 0 Å². The predicted octanol–water partition coefficient (Wildman–Crippen LogP) is 1.22. The topological polar surface area (TPSA) is 71.2 Å². The third kappa shape index (κ3) is 2.77. The van der Waals surface area contributed by atoms with E-state index >= 15 is 0 Å². The summed E-state index contributed by atoms with van der Waals surface area (Å²) in [4.78, 5) is 12.8. The van der Waals surface area contributed by atoms with Gasteiger partial charge >= 0.3 is 12.1 Å². The number of carboxylic acids is 1. The Hall–Kier alpha value is -1.64. The minimum absolute atomic E-state index is 0.104. The van der Waals surface area contributed by atoms with E-state index < -0.39 is 23.4 Å². The Kier molecular flexibility index (Phi) is 3.49. The third-order valence-corrected chi connectivity index (χ3v) is 3.28. The van der Waals surface area contributed by atoms with Crippen LogP contribution in [0.3, 0.4) is 0 Å². The third-order valence-electron chi connectivity index (χ3n) is 3.28. The molecule has 20 heavy (non-hydrogen) atoms. The summed E-state index contributed by atoms with van der Waals surface area (Å²) in [6.45, 7) is 4.01. The molecule has 0 atom stereocenters. The Morgan fingerprint density at radius 1 is 1.30 bits per heavy atom. The average molecular weight is 292 g/mol. The minimum Gasteiger partial charge on any atom is -0.481 e. The molecular weight excluding hydrogens is 277 g/mol. The number of halogens is 3. The van der Waals surface area contributed by atoms with Crippen LogP contribution in [0.4, 0.5) is 13.2 Å². The van der Waals surface area contributed by atoms with Gasteiger partial charge in [0.25, 0.3) is 0 Å². The number of hydrogen-bond donors (Lipinski definition) is 1. The fourth-order valence-corrected chi connectivity index (χ4v) is 2.18. The van der Waals surface area contributed by atoms with Crippen LogP contribution in [0.15, 0.2) is 0 Å².